The Bertz CT molecular complexity index is 1190. The normalized spacial score (nSPS) is 16.4. The molecule has 4 aromatic rings. The Labute approximate surface area is 191 Å². The van der Waals surface area contributed by atoms with Gasteiger partial charge in [0.25, 0.3) is 0 Å². The van der Waals surface area contributed by atoms with E-state index in [2.05, 4.69) is 72.6 Å². The molecule has 2 aromatic carbocycles. The van der Waals surface area contributed by atoms with Gasteiger partial charge < -0.3 is 10.2 Å². The molecule has 1 aliphatic heterocycles. The molecule has 0 radical (unpaired) electrons. The van der Waals surface area contributed by atoms with Gasteiger partial charge in [-0.2, -0.15) is 0 Å². The van der Waals surface area contributed by atoms with Crippen molar-refractivity contribution in [2.45, 2.75) is 33.2 Å². The molecule has 0 bridgehead atoms. The van der Waals surface area contributed by atoms with E-state index >= 15 is 0 Å². The minimum Gasteiger partial charge on any atom is -0.352 e. The summed E-state index contributed by atoms with van der Waals surface area (Å²) in [5, 5.41) is 8.80. The summed E-state index contributed by atoms with van der Waals surface area (Å²) in [5.74, 6) is 0.104. The molecule has 32 heavy (non-hydrogen) atoms. The van der Waals surface area contributed by atoms with E-state index in [0.717, 1.165) is 46.3 Å². The lowest BCUT2D eigenvalue weighted by Crippen LogP contribution is -2.43. The molecular weight excluding hydrogens is 418 g/mol. The number of fused-ring (bicyclic) bond motifs is 1. The topological polar surface area (TPSA) is 62.5 Å². The lowest BCUT2D eigenvalue weighted by Gasteiger charge is -2.31. The summed E-state index contributed by atoms with van der Waals surface area (Å²) >= 11 is 1.58. The standard InChI is InChI=1S/C25H27N5OS/c1-17-5-9-19(10-6-17)14-26-23(31)21-4-3-13-29(15-21)25-28-30-16-22(27-24(30)32-25)20-11-7-18(2)8-12-20/h5-12,16,21H,3-4,13-15H2,1-2H3,(H,26,31)/t21-/m1/s1. The molecule has 0 aliphatic carbocycles. The molecule has 1 amide bonds. The molecule has 1 N–H and O–H groups in total. The van der Waals surface area contributed by atoms with Crippen LogP contribution in [0.3, 0.4) is 0 Å². The fourth-order valence-corrected chi connectivity index (χ4v) is 5.00. The molecule has 0 unspecified atom stereocenters. The fraction of sp³-hybridized carbons (Fsp3) is 0.320. The lowest BCUT2D eigenvalue weighted by atomic mass is 9.97. The van der Waals surface area contributed by atoms with Gasteiger partial charge in [-0.3, -0.25) is 4.79 Å². The van der Waals surface area contributed by atoms with E-state index < -0.39 is 0 Å². The zero-order chi connectivity index (χ0) is 22.1. The highest BCUT2D eigenvalue weighted by molar-refractivity contribution is 7.20. The molecule has 5 rings (SSSR count). The van der Waals surface area contributed by atoms with E-state index in [-0.39, 0.29) is 11.8 Å². The van der Waals surface area contributed by atoms with Crippen LogP contribution in [0.25, 0.3) is 16.2 Å². The van der Waals surface area contributed by atoms with Crippen LogP contribution >= 0.6 is 11.3 Å². The summed E-state index contributed by atoms with van der Waals surface area (Å²) in [6, 6.07) is 16.7. The number of aromatic nitrogens is 3. The Balaban J connectivity index is 1.24. The number of nitrogens with zero attached hydrogens (tertiary/aromatic N) is 4. The second-order valence-corrected chi connectivity index (χ2v) is 9.53. The Morgan fingerprint density at radius 1 is 1.09 bits per heavy atom. The molecular formula is C25H27N5OS. The van der Waals surface area contributed by atoms with E-state index in [1.165, 1.54) is 11.1 Å². The van der Waals surface area contributed by atoms with Gasteiger partial charge in [0.05, 0.1) is 17.8 Å². The fourth-order valence-electron chi connectivity index (χ4n) is 4.09. The summed E-state index contributed by atoms with van der Waals surface area (Å²) in [4.78, 5) is 20.7. The highest BCUT2D eigenvalue weighted by atomic mass is 32.1. The quantitative estimate of drug-likeness (QED) is 0.487. The average Bonchev–Trinajstić information content (AvgIpc) is 3.39. The molecule has 1 fully saturated rings. The number of amides is 1. The predicted molar refractivity (Wildman–Crippen MR) is 129 cm³/mol. The van der Waals surface area contributed by atoms with Crippen LogP contribution in [-0.2, 0) is 11.3 Å². The maximum absolute atomic E-state index is 12.8. The SMILES string of the molecule is Cc1ccc(CNC(=O)[C@@H]2CCCN(c3nn4cc(-c5ccc(C)cc5)nc4s3)C2)cc1. The second-order valence-electron chi connectivity index (χ2n) is 8.59. The first kappa shape index (κ1) is 20.7. The van der Waals surface area contributed by atoms with Crippen LogP contribution in [-0.4, -0.2) is 33.6 Å². The number of piperidine rings is 1. The van der Waals surface area contributed by atoms with Crippen LogP contribution < -0.4 is 10.2 Å². The van der Waals surface area contributed by atoms with Crippen molar-refractivity contribution in [1.29, 1.82) is 0 Å². The van der Waals surface area contributed by atoms with Gasteiger partial charge in [-0.15, -0.1) is 5.10 Å². The number of anilines is 1. The number of nitrogens with one attached hydrogen (secondary N) is 1. The third-order valence-corrected chi connectivity index (χ3v) is 7.01. The van der Waals surface area contributed by atoms with Crippen LogP contribution in [0.4, 0.5) is 5.13 Å². The average molecular weight is 446 g/mol. The summed E-state index contributed by atoms with van der Waals surface area (Å²) in [5.41, 5.74) is 5.61. The van der Waals surface area contributed by atoms with Gasteiger partial charge in [-0.05, 0) is 32.3 Å². The van der Waals surface area contributed by atoms with Crippen molar-refractivity contribution in [3.63, 3.8) is 0 Å². The molecule has 7 heteroatoms. The van der Waals surface area contributed by atoms with Gasteiger partial charge in [-0.25, -0.2) is 9.50 Å². The predicted octanol–water partition coefficient (Wildman–Crippen LogP) is 4.61. The van der Waals surface area contributed by atoms with Gasteiger partial charge in [0.1, 0.15) is 0 Å². The van der Waals surface area contributed by atoms with Gasteiger partial charge in [0.15, 0.2) is 0 Å². The zero-order valence-corrected chi connectivity index (χ0v) is 19.2. The number of imidazole rings is 1. The number of carbonyl (C=O) groups is 1. The molecule has 3 heterocycles. The van der Waals surface area contributed by atoms with Gasteiger partial charge in [0.2, 0.25) is 16.0 Å². The Hall–Kier alpha value is -3.19. The molecule has 0 spiro atoms. The highest BCUT2D eigenvalue weighted by Crippen LogP contribution is 2.30. The zero-order valence-electron chi connectivity index (χ0n) is 18.4. The van der Waals surface area contributed by atoms with E-state index in [1.54, 1.807) is 11.3 Å². The lowest BCUT2D eigenvalue weighted by molar-refractivity contribution is -0.125. The largest absolute Gasteiger partial charge is 0.352 e. The molecule has 0 saturated carbocycles. The monoisotopic (exact) mass is 445 g/mol. The number of benzene rings is 2. The number of hydrogen-bond acceptors (Lipinski definition) is 5. The van der Waals surface area contributed by atoms with E-state index in [4.69, 9.17) is 10.1 Å². The third-order valence-electron chi connectivity index (χ3n) is 6.03. The van der Waals surface area contributed by atoms with Crippen LogP contribution in [0, 0.1) is 19.8 Å². The molecule has 1 atom stereocenters. The summed E-state index contributed by atoms with van der Waals surface area (Å²) in [7, 11) is 0. The number of carbonyl (C=O) groups excluding carboxylic acids is 1. The maximum atomic E-state index is 12.8. The number of aryl methyl sites for hydroxylation is 2. The first-order chi connectivity index (χ1) is 15.5. The maximum Gasteiger partial charge on any atom is 0.225 e. The van der Waals surface area contributed by atoms with Crippen molar-refractivity contribution < 1.29 is 4.79 Å². The Morgan fingerprint density at radius 2 is 1.81 bits per heavy atom. The minimum atomic E-state index is -0.0199. The second kappa shape index (κ2) is 8.74. The van der Waals surface area contributed by atoms with Crippen LogP contribution in [0.1, 0.15) is 29.5 Å². The Morgan fingerprint density at radius 3 is 2.53 bits per heavy atom. The van der Waals surface area contributed by atoms with Crippen molar-refractivity contribution >= 4 is 27.3 Å². The van der Waals surface area contributed by atoms with Crippen molar-refractivity contribution in [3.8, 4) is 11.3 Å². The van der Waals surface area contributed by atoms with Crippen LogP contribution in [0.15, 0.2) is 54.7 Å². The van der Waals surface area contributed by atoms with Crippen LogP contribution in [0.2, 0.25) is 0 Å². The van der Waals surface area contributed by atoms with E-state index in [1.807, 2.05) is 10.7 Å². The van der Waals surface area contributed by atoms with Gasteiger partial charge in [-0.1, -0.05) is 71.0 Å². The summed E-state index contributed by atoms with van der Waals surface area (Å²) in [6.45, 7) is 6.34. The minimum absolute atomic E-state index is 0.0199. The van der Waals surface area contributed by atoms with E-state index in [0.29, 0.717) is 13.1 Å². The smallest absolute Gasteiger partial charge is 0.225 e. The number of rotatable bonds is 5. The molecule has 6 nitrogen and oxygen atoms in total. The summed E-state index contributed by atoms with van der Waals surface area (Å²) in [6.07, 6.45) is 3.88. The first-order valence-electron chi connectivity index (χ1n) is 11.1. The summed E-state index contributed by atoms with van der Waals surface area (Å²) < 4.78 is 1.86. The van der Waals surface area contributed by atoms with Crippen molar-refractivity contribution in [1.82, 2.24) is 19.9 Å². The van der Waals surface area contributed by atoms with Gasteiger partial charge >= 0.3 is 0 Å². The van der Waals surface area contributed by atoms with Gasteiger partial charge in [0, 0.05) is 25.2 Å². The van der Waals surface area contributed by atoms with Crippen molar-refractivity contribution in [2.75, 3.05) is 18.0 Å². The highest BCUT2D eigenvalue weighted by Gasteiger charge is 2.27. The molecule has 1 saturated heterocycles. The van der Waals surface area contributed by atoms with Crippen molar-refractivity contribution in [2.24, 2.45) is 5.92 Å². The molecule has 1 aliphatic rings. The third kappa shape index (κ3) is 4.39. The van der Waals surface area contributed by atoms with E-state index in [9.17, 15) is 4.79 Å². The number of hydrogen-bond donors (Lipinski definition) is 1. The van der Waals surface area contributed by atoms with Crippen molar-refractivity contribution in [3.05, 3.63) is 71.4 Å². The first-order valence-corrected chi connectivity index (χ1v) is 11.9. The van der Waals surface area contributed by atoms with Crippen LogP contribution in [0.5, 0.6) is 0 Å². The Kier molecular flexibility index (Phi) is 5.66. The molecule has 2 aromatic heterocycles. The molecule has 164 valence electrons.